The minimum Gasteiger partial charge on any atom is -0.508 e. The van der Waals surface area contributed by atoms with Crippen LogP contribution in [-0.4, -0.2) is 46.5 Å². The monoisotopic (exact) mass is 332 g/mol. The van der Waals surface area contributed by atoms with Crippen molar-refractivity contribution < 1.29 is 28.2 Å². The van der Waals surface area contributed by atoms with Crippen molar-refractivity contribution in [3.63, 3.8) is 0 Å². The minimum atomic E-state index is -4.62. The second-order valence-corrected chi connectivity index (χ2v) is 5.64. The molecular formula is C15H19F3N2O3. The van der Waals surface area contributed by atoms with E-state index >= 15 is 0 Å². The van der Waals surface area contributed by atoms with E-state index < -0.39 is 18.2 Å². The summed E-state index contributed by atoms with van der Waals surface area (Å²) in [5.74, 6) is -0.735. The number of nitrogens with one attached hydrogen (secondary N) is 1. The van der Waals surface area contributed by atoms with Gasteiger partial charge in [0.15, 0.2) is 6.10 Å². The molecule has 0 bridgehead atoms. The molecule has 1 aromatic carbocycles. The zero-order valence-corrected chi connectivity index (χ0v) is 12.4. The molecule has 128 valence electrons. The summed E-state index contributed by atoms with van der Waals surface area (Å²) in [6, 6.07) is 6.00. The molecule has 0 spiro atoms. The Morgan fingerprint density at radius 1 is 1.26 bits per heavy atom. The number of carbonyl (C=O) groups is 1. The van der Waals surface area contributed by atoms with Crippen LogP contribution in [0.5, 0.6) is 5.75 Å². The predicted octanol–water partition coefficient (Wildman–Crippen LogP) is 2.24. The Kier molecular flexibility index (Phi) is 5.35. The normalized spacial score (nSPS) is 17.8. The van der Waals surface area contributed by atoms with Gasteiger partial charge in [0.05, 0.1) is 0 Å². The Morgan fingerprint density at radius 3 is 2.35 bits per heavy atom. The van der Waals surface area contributed by atoms with Gasteiger partial charge in [0.1, 0.15) is 5.75 Å². The molecule has 1 saturated heterocycles. The van der Waals surface area contributed by atoms with Crippen molar-refractivity contribution in [3.8, 4) is 5.75 Å². The largest absolute Gasteiger partial charge is 0.508 e. The number of nitrogens with zero attached hydrogens (tertiary/aromatic N) is 1. The van der Waals surface area contributed by atoms with Crippen LogP contribution < -0.4 is 5.32 Å². The number of rotatable bonds is 3. The van der Waals surface area contributed by atoms with Crippen molar-refractivity contribution >= 4 is 6.03 Å². The van der Waals surface area contributed by atoms with E-state index in [2.05, 4.69) is 5.32 Å². The first-order valence-corrected chi connectivity index (χ1v) is 7.33. The van der Waals surface area contributed by atoms with Crippen molar-refractivity contribution in [1.29, 1.82) is 0 Å². The summed E-state index contributed by atoms with van der Waals surface area (Å²) in [7, 11) is 0. The topological polar surface area (TPSA) is 72.8 Å². The Labute approximate surface area is 131 Å². The lowest BCUT2D eigenvalue weighted by atomic mass is 9.91. The van der Waals surface area contributed by atoms with Gasteiger partial charge in [0, 0.05) is 19.6 Å². The maximum absolute atomic E-state index is 12.5. The third kappa shape index (κ3) is 4.75. The highest BCUT2D eigenvalue weighted by Crippen LogP contribution is 2.31. The van der Waals surface area contributed by atoms with Crippen LogP contribution in [0.4, 0.5) is 18.0 Å². The maximum atomic E-state index is 12.5. The fourth-order valence-electron chi connectivity index (χ4n) is 2.59. The molecule has 8 heteroatoms. The number of aliphatic hydroxyl groups excluding tert-OH is 1. The van der Waals surface area contributed by atoms with Gasteiger partial charge < -0.3 is 20.4 Å². The number of hydrogen-bond acceptors (Lipinski definition) is 3. The van der Waals surface area contributed by atoms with Crippen molar-refractivity contribution in [2.45, 2.75) is 31.7 Å². The smallest absolute Gasteiger partial charge is 0.414 e. The number of aliphatic hydroxyl groups is 1. The van der Waals surface area contributed by atoms with Gasteiger partial charge in [-0.25, -0.2) is 4.79 Å². The van der Waals surface area contributed by atoms with Gasteiger partial charge >= 0.3 is 12.2 Å². The number of phenols is 1. The van der Waals surface area contributed by atoms with Crippen LogP contribution in [0.25, 0.3) is 0 Å². The van der Waals surface area contributed by atoms with Crippen LogP contribution in [-0.2, 0) is 6.54 Å². The van der Waals surface area contributed by atoms with Crippen LogP contribution in [0.2, 0.25) is 0 Å². The average Bonchev–Trinajstić information content (AvgIpc) is 2.52. The highest BCUT2D eigenvalue weighted by Gasteiger charge is 2.44. The highest BCUT2D eigenvalue weighted by molar-refractivity contribution is 5.74. The Hall–Kier alpha value is -1.96. The van der Waals surface area contributed by atoms with Gasteiger partial charge in [-0.05, 0) is 36.5 Å². The molecule has 1 unspecified atom stereocenters. The summed E-state index contributed by atoms with van der Waals surface area (Å²) in [4.78, 5) is 13.4. The Balaban J connectivity index is 1.78. The van der Waals surface area contributed by atoms with Crippen molar-refractivity contribution in [2.75, 3.05) is 13.1 Å². The average molecular weight is 332 g/mol. The van der Waals surface area contributed by atoms with Crippen LogP contribution in [0.3, 0.4) is 0 Å². The van der Waals surface area contributed by atoms with E-state index in [0.717, 1.165) is 5.56 Å². The summed E-state index contributed by atoms with van der Waals surface area (Å²) >= 11 is 0. The molecule has 0 radical (unpaired) electrons. The minimum absolute atomic E-state index is 0.118. The van der Waals surface area contributed by atoms with Gasteiger partial charge in [0.25, 0.3) is 0 Å². The van der Waals surface area contributed by atoms with E-state index in [-0.39, 0.29) is 44.3 Å². The molecule has 1 aromatic rings. The number of urea groups is 1. The SMILES string of the molecule is O=C(NCc1ccc(O)cc1)N1CCC(C(O)C(F)(F)F)CC1. The number of hydrogen-bond donors (Lipinski definition) is 3. The first-order chi connectivity index (χ1) is 10.8. The molecule has 5 nitrogen and oxygen atoms in total. The first-order valence-electron chi connectivity index (χ1n) is 7.33. The third-order valence-electron chi connectivity index (χ3n) is 3.99. The summed E-state index contributed by atoms with van der Waals surface area (Å²) in [6.07, 6.45) is -6.71. The van der Waals surface area contributed by atoms with E-state index in [4.69, 9.17) is 5.11 Å². The number of halogens is 3. The van der Waals surface area contributed by atoms with E-state index in [9.17, 15) is 23.1 Å². The number of amides is 2. The fourth-order valence-corrected chi connectivity index (χ4v) is 2.59. The number of alkyl halides is 3. The second-order valence-electron chi connectivity index (χ2n) is 5.64. The van der Waals surface area contributed by atoms with Crippen LogP contribution in [0.15, 0.2) is 24.3 Å². The van der Waals surface area contributed by atoms with Crippen LogP contribution in [0, 0.1) is 5.92 Å². The summed E-state index contributed by atoms with van der Waals surface area (Å²) in [5.41, 5.74) is 0.804. The van der Waals surface area contributed by atoms with Crippen molar-refractivity contribution in [2.24, 2.45) is 5.92 Å². The number of aromatic hydroxyl groups is 1. The van der Waals surface area contributed by atoms with E-state index in [1.54, 1.807) is 12.1 Å². The van der Waals surface area contributed by atoms with Crippen LogP contribution in [0.1, 0.15) is 18.4 Å². The summed E-state index contributed by atoms with van der Waals surface area (Å²) < 4.78 is 37.4. The molecule has 1 heterocycles. The lowest BCUT2D eigenvalue weighted by Crippen LogP contribution is -2.48. The van der Waals surface area contributed by atoms with Crippen LogP contribution >= 0.6 is 0 Å². The zero-order chi connectivity index (χ0) is 17.0. The molecule has 1 atom stereocenters. The molecule has 0 aliphatic carbocycles. The number of phenolic OH excluding ortho intramolecular Hbond substituents is 1. The van der Waals surface area contributed by atoms with Gasteiger partial charge in [-0.15, -0.1) is 0 Å². The van der Waals surface area contributed by atoms with E-state index in [1.807, 2.05) is 0 Å². The Bertz CT molecular complexity index is 526. The van der Waals surface area contributed by atoms with Gasteiger partial charge in [-0.3, -0.25) is 0 Å². The number of benzene rings is 1. The third-order valence-corrected chi connectivity index (χ3v) is 3.99. The predicted molar refractivity (Wildman–Crippen MR) is 76.7 cm³/mol. The summed E-state index contributed by atoms with van der Waals surface area (Å²) in [5, 5.41) is 21.1. The number of carbonyl (C=O) groups excluding carboxylic acids is 1. The van der Waals surface area contributed by atoms with Crippen molar-refractivity contribution in [1.82, 2.24) is 10.2 Å². The lowest BCUT2D eigenvalue weighted by Gasteiger charge is -2.34. The molecule has 2 rings (SSSR count). The molecule has 2 amide bonds. The molecule has 0 saturated carbocycles. The first kappa shape index (κ1) is 17.4. The molecular weight excluding hydrogens is 313 g/mol. The molecule has 3 N–H and O–H groups in total. The van der Waals surface area contributed by atoms with Gasteiger partial charge in [0.2, 0.25) is 0 Å². The quantitative estimate of drug-likeness (QED) is 0.795. The standard InChI is InChI=1S/C15H19F3N2O3/c16-15(17,18)13(22)11-5-7-20(8-6-11)14(23)19-9-10-1-3-12(21)4-2-10/h1-4,11,13,21-22H,5-9H2,(H,19,23). The van der Waals surface area contributed by atoms with E-state index in [1.165, 1.54) is 17.0 Å². The van der Waals surface area contributed by atoms with Crippen molar-refractivity contribution in [3.05, 3.63) is 29.8 Å². The maximum Gasteiger partial charge on any atom is 0.414 e. The summed E-state index contributed by atoms with van der Waals surface area (Å²) in [6.45, 7) is 0.628. The number of piperidine rings is 1. The second kappa shape index (κ2) is 7.08. The molecule has 1 fully saturated rings. The fraction of sp³-hybridized carbons (Fsp3) is 0.533. The van der Waals surface area contributed by atoms with Gasteiger partial charge in [-0.2, -0.15) is 13.2 Å². The molecule has 23 heavy (non-hydrogen) atoms. The molecule has 0 aromatic heterocycles. The molecule has 1 aliphatic heterocycles. The highest BCUT2D eigenvalue weighted by atomic mass is 19.4. The van der Waals surface area contributed by atoms with Gasteiger partial charge in [-0.1, -0.05) is 12.1 Å². The molecule has 1 aliphatic rings. The Morgan fingerprint density at radius 2 is 1.83 bits per heavy atom. The zero-order valence-electron chi connectivity index (χ0n) is 12.4. The lowest BCUT2D eigenvalue weighted by molar-refractivity contribution is -0.222. The van der Waals surface area contributed by atoms with E-state index in [0.29, 0.717) is 0 Å². The number of likely N-dealkylation sites (tertiary alicyclic amines) is 1.